The van der Waals surface area contributed by atoms with Crippen molar-refractivity contribution in [1.29, 1.82) is 0 Å². The van der Waals surface area contributed by atoms with Crippen molar-refractivity contribution in [3.63, 3.8) is 0 Å². The monoisotopic (exact) mass is 365 g/mol. The van der Waals surface area contributed by atoms with Crippen LogP contribution in [0.25, 0.3) is 0 Å². The number of aromatic nitrogens is 1. The van der Waals surface area contributed by atoms with Gasteiger partial charge in [-0.15, -0.1) is 11.3 Å². The van der Waals surface area contributed by atoms with E-state index in [9.17, 15) is 13.6 Å². The summed E-state index contributed by atoms with van der Waals surface area (Å²) in [5.41, 5.74) is 0.731. The molecule has 7 heteroatoms. The highest BCUT2D eigenvalue weighted by atomic mass is 32.1. The molecule has 0 bridgehead atoms. The van der Waals surface area contributed by atoms with E-state index < -0.39 is 17.5 Å². The van der Waals surface area contributed by atoms with Gasteiger partial charge in [0.25, 0.3) is 5.91 Å². The van der Waals surface area contributed by atoms with Crippen LogP contribution in [-0.4, -0.2) is 24.0 Å². The van der Waals surface area contributed by atoms with Crippen molar-refractivity contribution < 1.29 is 13.6 Å². The van der Waals surface area contributed by atoms with Crippen molar-refractivity contribution in [2.45, 2.75) is 39.5 Å². The minimum Gasteiger partial charge on any atom is -0.367 e. The molecule has 0 radical (unpaired) electrons. The lowest BCUT2D eigenvalue weighted by molar-refractivity contribution is 0.103. The molecule has 25 heavy (non-hydrogen) atoms. The van der Waals surface area contributed by atoms with Gasteiger partial charge in [-0.05, 0) is 31.9 Å². The number of thiazole rings is 1. The highest BCUT2D eigenvalue weighted by Crippen LogP contribution is 2.30. The lowest BCUT2D eigenvalue weighted by atomic mass is 10.2. The molecule has 134 valence electrons. The number of rotatable bonds is 4. The molecule has 1 N–H and O–H groups in total. The van der Waals surface area contributed by atoms with Crippen LogP contribution in [0.3, 0.4) is 0 Å². The summed E-state index contributed by atoms with van der Waals surface area (Å²) in [7, 11) is 0. The minimum absolute atomic E-state index is 0.00781. The van der Waals surface area contributed by atoms with Crippen LogP contribution in [0.5, 0.6) is 0 Å². The summed E-state index contributed by atoms with van der Waals surface area (Å²) in [6.45, 7) is 7.06. The van der Waals surface area contributed by atoms with E-state index in [-0.39, 0.29) is 17.3 Å². The van der Waals surface area contributed by atoms with Crippen molar-refractivity contribution in [3.8, 4) is 0 Å². The number of nitrogens with zero attached hydrogens (tertiary/aromatic N) is 2. The normalized spacial score (nSPS) is 14.4. The molecular weight excluding hydrogens is 344 g/mol. The summed E-state index contributed by atoms with van der Waals surface area (Å²) in [6, 6.07) is 2.35. The Bertz CT molecular complexity index is 775. The number of carbonyl (C=O) groups is 1. The van der Waals surface area contributed by atoms with Crippen LogP contribution in [0.15, 0.2) is 12.1 Å². The fraction of sp³-hybridized carbons (Fsp3) is 0.444. The van der Waals surface area contributed by atoms with Crippen LogP contribution >= 0.6 is 11.3 Å². The van der Waals surface area contributed by atoms with Gasteiger partial charge in [0.2, 0.25) is 0 Å². The second kappa shape index (κ2) is 7.07. The largest absolute Gasteiger partial charge is 0.367 e. The van der Waals surface area contributed by atoms with E-state index in [2.05, 4.69) is 10.3 Å². The number of halogens is 2. The second-order valence-electron chi connectivity index (χ2n) is 6.56. The van der Waals surface area contributed by atoms with Gasteiger partial charge < -0.3 is 10.2 Å². The summed E-state index contributed by atoms with van der Waals surface area (Å²) in [5.74, 6) is -1.48. The second-order valence-corrected chi connectivity index (χ2v) is 7.59. The smallest absolute Gasteiger partial charge is 0.267 e. The number of aryl methyl sites for hydroxylation is 1. The fourth-order valence-electron chi connectivity index (χ4n) is 2.94. The van der Waals surface area contributed by atoms with Gasteiger partial charge in [0.15, 0.2) is 11.6 Å². The average Bonchev–Trinajstić information content (AvgIpc) is 3.16. The van der Waals surface area contributed by atoms with Crippen LogP contribution in [0, 0.1) is 18.6 Å². The van der Waals surface area contributed by atoms with Crippen molar-refractivity contribution in [2.24, 2.45) is 0 Å². The first kappa shape index (κ1) is 17.8. The maximum Gasteiger partial charge on any atom is 0.267 e. The van der Waals surface area contributed by atoms with E-state index in [0.29, 0.717) is 23.7 Å². The number of hydrogen-bond acceptors (Lipinski definition) is 4. The Hall–Kier alpha value is -2.02. The maximum atomic E-state index is 14.4. The molecule has 4 nitrogen and oxygen atoms in total. The van der Waals surface area contributed by atoms with Crippen molar-refractivity contribution in [1.82, 2.24) is 4.98 Å². The van der Waals surface area contributed by atoms with Crippen molar-refractivity contribution >= 4 is 28.6 Å². The van der Waals surface area contributed by atoms with E-state index in [0.717, 1.165) is 17.8 Å². The Kier molecular flexibility index (Phi) is 5.03. The third-order valence-corrected chi connectivity index (χ3v) is 5.67. The van der Waals surface area contributed by atoms with E-state index in [1.807, 2.05) is 13.8 Å². The quantitative estimate of drug-likeness (QED) is 0.854. The van der Waals surface area contributed by atoms with E-state index in [1.54, 1.807) is 11.8 Å². The molecule has 1 aliphatic rings. The van der Waals surface area contributed by atoms with Crippen LogP contribution < -0.4 is 10.2 Å². The minimum atomic E-state index is -0.652. The first-order valence-corrected chi connectivity index (χ1v) is 9.21. The molecular formula is C18H21F2N3OS. The Balaban J connectivity index is 1.82. The molecule has 3 rings (SSSR count). The van der Waals surface area contributed by atoms with Gasteiger partial charge in [-0.3, -0.25) is 4.79 Å². The number of nitrogens with one attached hydrogen (secondary N) is 1. The Labute approximate surface area is 149 Å². The van der Waals surface area contributed by atoms with Crippen LogP contribution in [0.2, 0.25) is 0 Å². The summed E-state index contributed by atoms with van der Waals surface area (Å²) in [4.78, 5) is 19.0. The standard InChI is InChI=1S/C18H21F2N3OS/c1-10(2)18-21-11(3)16(25-18)17(24)22-12-8-13(19)15(14(20)9-12)23-6-4-5-7-23/h8-10H,4-7H2,1-3H3,(H,22,24). The zero-order valence-electron chi connectivity index (χ0n) is 14.5. The van der Waals surface area contributed by atoms with Crippen LogP contribution in [-0.2, 0) is 0 Å². The Morgan fingerprint density at radius 3 is 2.36 bits per heavy atom. The molecule has 2 aromatic rings. The highest BCUT2D eigenvalue weighted by Gasteiger charge is 2.22. The predicted octanol–water partition coefficient (Wildman–Crippen LogP) is 4.71. The highest BCUT2D eigenvalue weighted by molar-refractivity contribution is 7.14. The molecule has 1 aromatic heterocycles. The molecule has 1 aromatic carbocycles. The molecule has 0 unspecified atom stereocenters. The zero-order valence-corrected chi connectivity index (χ0v) is 15.3. The van der Waals surface area contributed by atoms with Gasteiger partial charge in [0.1, 0.15) is 10.6 Å². The van der Waals surface area contributed by atoms with Gasteiger partial charge in [0, 0.05) is 24.7 Å². The Morgan fingerprint density at radius 2 is 1.84 bits per heavy atom. The first-order valence-electron chi connectivity index (χ1n) is 8.39. The lowest BCUT2D eigenvalue weighted by Crippen LogP contribution is -2.21. The number of amides is 1. The SMILES string of the molecule is Cc1nc(C(C)C)sc1C(=O)Nc1cc(F)c(N2CCCC2)c(F)c1. The average molecular weight is 365 g/mol. The number of anilines is 2. The molecule has 0 spiro atoms. The maximum absolute atomic E-state index is 14.4. The fourth-order valence-corrected chi connectivity index (χ4v) is 3.91. The number of carbonyl (C=O) groups excluding carboxylic acids is 1. The summed E-state index contributed by atoms with van der Waals surface area (Å²) in [5, 5.41) is 3.45. The molecule has 0 aliphatic carbocycles. The van der Waals surface area contributed by atoms with Crippen molar-refractivity contribution in [3.05, 3.63) is 39.3 Å². The molecule has 1 aliphatic heterocycles. The van der Waals surface area contributed by atoms with E-state index in [4.69, 9.17) is 0 Å². The Morgan fingerprint density at radius 1 is 1.24 bits per heavy atom. The summed E-state index contributed by atoms with van der Waals surface area (Å²) < 4.78 is 28.7. The third-order valence-electron chi connectivity index (χ3n) is 4.21. The molecule has 2 heterocycles. The molecule has 1 saturated heterocycles. The van der Waals surface area contributed by atoms with Gasteiger partial charge in [-0.25, -0.2) is 13.8 Å². The van der Waals surface area contributed by atoms with Crippen molar-refractivity contribution in [2.75, 3.05) is 23.3 Å². The predicted molar refractivity (Wildman–Crippen MR) is 96.7 cm³/mol. The van der Waals surface area contributed by atoms with E-state index >= 15 is 0 Å². The molecule has 1 amide bonds. The first-order chi connectivity index (χ1) is 11.9. The van der Waals surface area contributed by atoms with E-state index in [1.165, 1.54) is 23.5 Å². The molecule has 1 fully saturated rings. The summed E-state index contributed by atoms with van der Waals surface area (Å²) >= 11 is 1.31. The lowest BCUT2D eigenvalue weighted by Gasteiger charge is -2.19. The zero-order chi connectivity index (χ0) is 18.1. The van der Waals surface area contributed by atoms with Gasteiger partial charge in [-0.1, -0.05) is 13.8 Å². The topological polar surface area (TPSA) is 45.2 Å². The third kappa shape index (κ3) is 3.66. The number of benzene rings is 1. The van der Waals surface area contributed by atoms with Gasteiger partial charge in [-0.2, -0.15) is 0 Å². The summed E-state index contributed by atoms with van der Waals surface area (Å²) in [6.07, 6.45) is 1.86. The number of hydrogen-bond donors (Lipinski definition) is 1. The van der Waals surface area contributed by atoms with Gasteiger partial charge in [0.05, 0.1) is 10.7 Å². The molecule has 0 saturated carbocycles. The van der Waals surface area contributed by atoms with Gasteiger partial charge >= 0.3 is 0 Å². The molecule has 0 atom stereocenters. The van der Waals surface area contributed by atoms with Crippen LogP contribution in [0.4, 0.5) is 20.2 Å². The van der Waals surface area contributed by atoms with Crippen LogP contribution in [0.1, 0.15) is 53.0 Å².